The molecule has 96 valence electrons. The first-order valence-electron chi connectivity index (χ1n) is 5.92. The van der Waals surface area contributed by atoms with E-state index in [0.29, 0.717) is 19.8 Å². The van der Waals surface area contributed by atoms with E-state index in [0.717, 1.165) is 30.9 Å². The van der Waals surface area contributed by atoms with Gasteiger partial charge < -0.3 is 19.9 Å². The number of hydrogen-bond acceptors (Lipinski definition) is 4. The van der Waals surface area contributed by atoms with Crippen LogP contribution in [0.2, 0.25) is 0 Å². The number of nitrogens with two attached hydrogens (primary N) is 1. The number of para-hydroxylation sites is 2. The van der Waals surface area contributed by atoms with Gasteiger partial charge in [-0.1, -0.05) is 12.1 Å². The Kier molecular flexibility index (Phi) is 7.18. The van der Waals surface area contributed by atoms with Gasteiger partial charge in [0.25, 0.3) is 0 Å². The van der Waals surface area contributed by atoms with Crippen molar-refractivity contribution in [2.45, 2.75) is 12.8 Å². The largest absolute Gasteiger partial charge is 0.493 e. The van der Waals surface area contributed by atoms with Crippen molar-refractivity contribution >= 4 is 0 Å². The first-order valence-corrected chi connectivity index (χ1v) is 5.92. The number of methoxy groups -OCH3 is 1. The van der Waals surface area contributed by atoms with Crippen molar-refractivity contribution in [1.82, 2.24) is 0 Å². The van der Waals surface area contributed by atoms with Gasteiger partial charge in [-0.3, -0.25) is 0 Å². The van der Waals surface area contributed by atoms with Crippen LogP contribution in [0.1, 0.15) is 12.8 Å². The third-order valence-electron chi connectivity index (χ3n) is 2.25. The van der Waals surface area contributed by atoms with Crippen molar-refractivity contribution in [2.75, 3.05) is 33.5 Å². The van der Waals surface area contributed by atoms with Crippen LogP contribution < -0.4 is 15.2 Å². The highest BCUT2D eigenvalue weighted by Crippen LogP contribution is 2.25. The van der Waals surface area contributed by atoms with Gasteiger partial charge in [0.15, 0.2) is 11.5 Å². The van der Waals surface area contributed by atoms with Gasteiger partial charge in [-0.25, -0.2) is 0 Å². The molecule has 0 aliphatic rings. The molecule has 0 aliphatic carbocycles. The Morgan fingerprint density at radius 3 is 2.41 bits per heavy atom. The lowest BCUT2D eigenvalue weighted by Gasteiger charge is -2.10. The molecule has 2 N–H and O–H groups in total. The van der Waals surface area contributed by atoms with Crippen LogP contribution in [-0.2, 0) is 4.74 Å². The van der Waals surface area contributed by atoms with Crippen LogP contribution in [0.4, 0.5) is 0 Å². The Morgan fingerprint density at radius 1 is 1.00 bits per heavy atom. The van der Waals surface area contributed by atoms with E-state index in [4.69, 9.17) is 19.9 Å². The average molecular weight is 239 g/mol. The van der Waals surface area contributed by atoms with Gasteiger partial charge in [-0.2, -0.15) is 0 Å². The van der Waals surface area contributed by atoms with E-state index in [1.807, 2.05) is 24.3 Å². The Morgan fingerprint density at radius 2 is 1.71 bits per heavy atom. The third-order valence-corrected chi connectivity index (χ3v) is 2.25. The smallest absolute Gasteiger partial charge is 0.161 e. The van der Waals surface area contributed by atoms with Gasteiger partial charge in [-0.15, -0.1) is 0 Å². The molecule has 0 spiro atoms. The molecule has 1 rings (SSSR count). The number of benzene rings is 1. The van der Waals surface area contributed by atoms with Gasteiger partial charge in [0, 0.05) is 19.6 Å². The monoisotopic (exact) mass is 239 g/mol. The van der Waals surface area contributed by atoms with Crippen LogP contribution >= 0.6 is 0 Å². The molecule has 0 heterocycles. The average Bonchev–Trinajstić information content (AvgIpc) is 2.38. The van der Waals surface area contributed by atoms with Crippen LogP contribution in [0.25, 0.3) is 0 Å². The molecule has 0 bridgehead atoms. The highest BCUT2D eigenvalue weighted by molar-refractivity contribution is 5.39. The Hall–Kier alpha value is -1.26. The molecule has 4 heteroatoms. The molecular weight excluding hydrogens is 218 g/mol. The fourth-order valence-electron chi connectivity index (χ4n) is 1.37. The molecule has 1 aromatic carbocycles. The third kappa shape index (κ3) is 5.56. The SMILES string of the molecule is COc1ccccc1OCCCOCCCN. The Balaban J connectivity index is 2.13. The molecule has 0 fully saturated rings. The lowest BCUT2D eigenvalue weighted by molar-refractivity contribution is 0.118. The second kappa shape index (κ2) is 8.84. The van der Waals surface area contributed by atoms with Gasteiger partial charge >= 0.3 is 0 Å². The molecule has 0 amide bonds. The molecular formula is C13H21NO3. The van der Waals surface area contributed by atoms with E-state index in [2.05, 4.69) is 0 Å². The zero-order valence-corrected chi connectivity index (χ0v) is 10.4. The second-order valence-electron chi connectivity index (χ2n) is 3.61. The number of rotatable bonds is 9. The second-order valence-corrected chi connectivity index (χ2v) is 3.61. The quantitative estimate of drug-likeness (QED) is 0.668. The molecule has 0 atom stereocenters. The zero-order chi connectivity index (χ0) is 12.3. The van der Waals surface area contributed by atoms with Crippen molar-refractivity contribution in [1.29, 1.82) is 0 Å². The fraction of sp³-hybridized carbons (Fsp3) is 0.538. The summed E-state index contributed by atoms with van der Waals surface area (Å²) in [7, 11) is 1.64. The van der Waals surface area contributed by atoms with E-state index in [1.165, 1.54) is 0 Å². The summed E-state index contributed by atoms with van der Waals surface area (Å²) in [6.07, 6.45) is 1.77. The minimum absolute atomic E-state index is 0.628. The predicted molar refractivity (Wildman–Crippen MR) is 67.6 cm³/mol. The standard InChI is InChI=1S/C13H21NO3/c1-15-12-6-2-3-7-13(12)17-11-5-10-16-9-4-8-14/h2-3,6-7H,4-5,8-11,14H2,1H3. The lowest BCUT2D eigenvalue weighted by atomic mass is 10.3. The summed E-state index contributed by atoms with van der Waals surface area (Å²) in [5.74, 6) is 1.54. The zero-order valence-electron chi connectivity index (χ0n) is 10.4. The lowest BCUT2D eigenvalue weighted by Crippen LogP contribution is -2.07. The molecule has 17 heavy (non-hydrogen) atoms. The molecule has 0 radical (unpaired) electrons. The number of ether oxygens (including phenoxy) is 3. The highest BCUT2D eigenvalue weighted by Gasteiger charge is 2.01. The summed E-state index contributed by atoms with van der Waals surface area (Å²) >= 11 is 0. The minimum atomic E-state index is 0.628. The summed E-state index contributed by atoms with van der Waals surface area (Å²) in [4.78, 5) is 0. The summed E-state index contributed by atoms with van der Waals surface area (Å²) in [5, 5.41) is 0. The minimum Gasteiger partial charge on any atom is -0.493 e. The Labute approximate surface area is 103 Å². The molecule has 0 aromatic heterocycles. The first-order chi connectivity index (χ1) is 8.38. The summed E-state index contributed by atoms with van der Waals surface area (Å²) < 4.78 is 16.2. The Bertz CT molecular complexity index is 304. The first kappa shape index (κ1) is 13.8. The maximum Gasteiger partial charge on any atom is 0.161 e. The van der Waals surface area contributed by atoms with Crippen LogP contribution in [0.15, 0.2) is 24.3 Å². The summed E-state index contributed by atoms with van der Waals surface area (Å²) in [6.45, 7) is 2.74. The van der Waals surface area contributed by atoms with Crippen molar-refractivity contribution in [3.63, 3.8) is 0 Å². The van der Waals surface area contributed by atoms with Crippen LogP contribution in [0.5, 0.6) is 11.5 Å². The van der Waals surface area contributed by atoms with Crippen molar-refractivity contribution < 1.29 is 14.2 Å². The van der Waals surface area contributed by atoms with Gasteiger partial charge in [0.05, 0.1) is 13.7 Å². The molecule has 0 saturated heterocycles. The van der Waals surface area contributed by atoms with E-state index in [-0.39, 0.29) is 0 Å². The topological polar surface area (TPSA) is 53.7 Å². The van der Waals surface area contributed by atoms with Gasteiger partial charge in [0.2, 0.25) is 0 Å². The van der Waals surface area contributed by atoms with Gasteiger partial charge in [-0.05, 0) is 25.1 Å². The fourth-order valence-corrected chi connectivity index (χ4v) is 1.37. The van der Waals surface area contributed by atoms with E-state index in [1.54, 1.807) is 7.11 Å². The molecule has 4 nitrogen and oxygen atoms in total. The number of hydrogen-bond donors (Lipinski definition) is 1. The predicted octanol–water partition coefficient (Wildman–Crippen LogP) is 1.83. The van der Waals surface area contributed by atoms with Crippen molar-refractivity contribution in [3.05, 3.63) is 24.3 Å². The molecule has 1 aromatic rings. The summed E-state index contributed by atoms with van der Waals surface area (Å²) in [5.41, 5.74) is 5.36. The van der Waals surface area contributed by atoms with Crippen LogP contribution in [0, 0.1) is 0 Å². The normalized spacial score (nSPS) is 10.2. The van der Waals surface area contributed by atoms with Crippen LogP contribution in [-0.4, -0.2) is 33.5 Å². The molecule has 0 aliphatic heterocycles. The van der Waals surface area contributed by atoms with Crippen molar-refractivity contribution in [3.8, 4) is 11.5 Å². The van der Waals surface area contributed by atoms with Crippen molar-refractivity contribution in [2.24, 2.45) is 5.73 Å². The van der Waals surface area contributed by atoms with E-state index in [9.17, 15) is 0 Å². The highest BCUT2D eigenvalue weighted by atomic mass is 16.5. The maximum atomic E-state index is 5.60. The molecule has 0 saturated carbocycles. The van der Waals surface area contributed by atoms with Crippen LogP contribution in [0.3, 0.4) is 0 Å². The van der Waals surface area contributed by atoms with E-state index < -0.39 is 0 Å². The van der Waals surface area contributed by atoms with E-state index >= 15 is 0 Å². The van der Waals surface area contributed by atoms with Gasteiger partial charge in [0.1, 0.15) is 0 Å². The summed E-state index contributed by atoms with van der Waals surface area (Å²) in [6, 6.07) is 7.62. The molecule has 0 unspecified atom stereocenters. The maximum absolute atomic E-state index is 5.60.